The van der Waals surface area contributed by atoms with E-state index in [0.29, 0.717) is 12.4 Å². The summed E-state index contributed by atoms with van der Waals surface area (Å²) in [7, 11) is 0. The number of aliphatic hydroxyl groups excluding tert-OH is 1. The summed E-state index contributed by atoms with van der Waals surface area (Å²) in [6.45, 7) is 0.719. The van der Waals surface area contributed by atoms with E-state index in [2.05, 4.69) is 4.98 Å². The van der Waals surface area contributed by atoms with Gasteiger partial charge in [0.15, 0.2) is 0 Å². The largest absolute Gasteiger partial charge is 0.394 e. The minimum Gasteiger partial charge on any atom is -0.394 e. The van der Waals surface area contributed by atoms with E-state index in [-0.39, 0.29) is 18.3 Å². The minimum atomic E-state index is -0.415. The first kappa shape index (κ1) is 12.8. The van der Waals surface area contributed by atoms with Gasteiger partial charge in [-0.05, 0) is 18.9 Å². The molecule has 1 atom stereocenters. The van der Waals surface area contributed by atoms with Crippen LogP contribution in [-0.2, 0) is 0 Å². The average Bonchev–Trinajstić information content (AvgIpc) is 2.63. The van der Waals surface area contributed by atoms with Crippen LogP contribution in [0.4, 0.5) is 11.5 Å². The van der Waals surface area contributed by atoms with Gasteiger partial charge < -0.3 is 10.0 Å². The zero-order valence-corrected chi connectivity index (χ0v) is 10.2. The van der Waals surface area contributed by atoms with Crippen molar-refractivity contribution >= 4 is 11.5 Å². The highest BCUT2D eigenvalue weighted by molar-refractivity contribution is 5.58. The molecule has 18 heavy (non-hydrogen) atoms. The molecule has 98 valence electrons. The Bertz CT molecular complexity index is 425. The number of hydrogen-bond acceptors (Lipinski definition) is 5. The Morgan fingerprint density at radius 1 is 1.50 bits per heavy atom. The molecule has 2 heterocycles. The second-order valence-electron chi connectivity index (χ2n) is 4.48. The van der Waals surface area contributed by atoms with Crippen molar-refractivity contribution in [1.82, 2.24) is 4.98 Å². The Labute approximate surface area is 105 Å². The second-order valence-corrected chi connectivity index (χ2v) is 4.48. The van der Waals surface area contributed by atoms with Crippen molar-refractivity contribution in [1.29, 1.82) is 0 Å². The summed E-state index contributed by atoms with van der Waals surface area (Å²) in [5, 5.41) is 20.5. The zero-order chi connectivity index (χ0) is 13.0. The molecule has 1 unspecified atom stereocenters. The lowest BCUT2D eigenvalue weighted by Crippen LogP contribution is -2.38. The van der Waals surface area contributed by atoms with Crippen molar-refractivity contribution in [3.05, 3.63) is 28.4 Å². The molecule has 6 heteroatoms. The summed E-state index contributed by atoms with van der Waals surface area (Å²) >= 11 is 0. The molecule has 0 amide bonds. The van der Waals surface area contributed by atoms with Gasteiger partial charge in [0.2, 0.25) is 5.82 Å². The molecule has 0 aliphatic carbocycles. The molecule has 1 aliphatic rings. The van der Waals surface area contributed by atoms with Crippen LogP contribution in [0, 0.1) is 10.1 Å². The maximum Gasteiger partial charge on any atom is 0.311 e. The fraction of sp³-hybridized carbons (Fsp3) is 0.583. The van der Waals surface area contributed by atoms with Gasteiger partial charge in [-0.25, -0.2) is 4.98 Å². The van der Waals surface area contributed by atoms with Crippen LogP contribution in [0.5, 0.6) is 0 Å². The maximum atomic E-state index is 11.0. The first-order valence-electron chi connectivity index (χ1n) is 6.21. The smallest absolute Gasteiger partial charge is 0.311 e. The van der Waals surface area contributed by atoms with E-state index >= 15 is 0 Å². The number of rotatable bonds is 3. The average molecular weight is 251 g/mol. The molecule has 0 bridgehead atoms. The van der Waals surface area contributed by atoms with Crippen LogP contribution in [0.1, 0.15) is 25.7 Å². The molecular formula is C12H17N3O3. The molecule has 2 rings (SSSR count). The summed E-state index contributed by atoms with van der Waals surface area (Å²) in [5.41, 5.74) is 0.0119. The molecule has 1 aromatic rings. The molecule has 0 radical (unpaired) electrons. The van der Waals surface area contributed by atoms with Crippen LogP contribution in [0.25, 0.3) is 0 Å². The van der Waals surface area contributed by atoms with Crippen LogP contribution >= 0.6 is 0 Å². The Balaban J connectivity index is 2.35. The first-order chi connectivity index (χ1) is 8.74. The summed E-state index contributed by atoms with van der Waals surface area (Å²) in [6.07, 6.45) is 5.52. The third kappa shape index (κ3) is 2.59. The van der Waals surface area contributed by atoms with E-state index in [1.807, 2.05) is 4.90 Å². The third-order valence-corrected chi connectivity index (χ3v) is 3.32. The van der Waals surface area contributed by atoms with Gasteiger partial charge in [0.05, 0.1) is 17.6 Å². The number of anilines is 1. The third-order valence-electron chi connectivity index (χ3n) is 3.32. The standard InChI is InChI=1S/C12H17N3O3/c16-9-10-5-2-1-3-8-14(10)12-11(15(17)18)6-4-7-13-12/h4,6-7,10,16H,1-3,5,8-9H2. The molecule has 1 fully saturated rings. The topological polar surface area (TPSA) is 79.5 Å². The molecule has 0 spiro atoms. The fourth-order valence-electron chi connectivity index (χ4n) is 2.40. The van der Waals surface area contributed by atoms with Crippen molar-refractivity contribution in [2.24, 2.45) is 0 Å². The van der Waals surface area contributed by atoms with Crippen molar-refractivity contribution < 1.29 is 10.0 Å². The van der Waals surface area contributed by atoms with E-state index in [4.69, 9.17) is 0 Å². The minimum absolute atomic E-state index is 0.00767. The Morgan fingerprint density at radius 2 is 2.33 bits per heavy atom. The predicted molar refractivity (Wildman–Crippen MR) is 67.6 cm³/mol. The van der Waals surface area contributed by atoms with Gasteiger partial charge in [-0.1, -0.05) is 12.8 Å². The Morgan fingerprint density at radius 3 is 3.06 bits per heavy atom. The number of aromatic nitrogens is 1. The van der Waals surface area contributed by atoms with Gasteiger partial charge in [0.1, 0.15) is 0 Å². The monoisotopic (exact) mass is 251 g/mol. The highest BCUT2D eigenvalue weighted by Crippen LogP contribution is 2.29. The van der Waals surface area contributed by atoms with E-state index < -0.39 is 4.92 Å². The summed E-state index contributed by atoms with van der Waals surface area (Å²) in [5.74, 6) is 0.378. The number of aliphatic hydroxyl groups is 1. The maximum absolute atomic E-state index is 11.0. The van der Waals surface area contributed by atoms with Gasteiger partial charge in [0, 0.05) is 18.8 Å². The van der Waals surface area contributed by atoms with Crippen molar-refractivity contribution in [3.8, 4) is 0 Å². The van der Waals surface area contributed by atoms with E-state index in [1.54, 1.807) is 12.3 Å². The second kappa shape index (κ2) is 5.77. The van der Waals surface area contributed by atoms with Crippen LogP contribution in [0.15, 0.2) is 18.3 Å². The molecule has 0 saturated carbocycles. The van der Waals surface area contributed by atoms with E-state index in [1.165, 1.54) is 6.07 Å². The number of nitrogens with zero attached hydrogens (tertiary/aromatic N) is 3. The highest BCUT2D eigenvalue weighted by atomic mass is 16.6. The number of hydrogen-bond donors (Lipinski definition) is 1. The molecule has 1 aliphatic heterocycles. The Kier molecular flexibility index (Phi) is 4.09. The molecule has 1 N–H and O–H groups in total. The van der Waals surface area contributed by atoms with Crippen molar-refractivity contribution in [2.75, 3.05) is 18.1 Å². The van der Waals surface area contributed by atoms with Crippen molar-refractivity contribution in [2.45, 2.75) is 31.7 Å². The zero-order valence-electron chi connectivity index (χ0n) is 10.2. The molecule has 1 saturated heterocycles. The number of nitro groups is 1. The molecule has 0 aromatic carbocycles. The molecule has 1 aromatic heterocycles. The Hall–Kier alpha value is -1.69. The highest BCUT2D eigenvalue weighted by Gasteiger charge is 2.27. The van der Waals surface area contributed by atoms with Crippen molar-refractivity contribution in [3.63, 3.8) is 0 Å². The fourth-order valence-corrected chi connectivity index (χ4v) is 2.40. The summed E-state index contributed by atoms with van der Waals surface area (Å²) in [6, 6.07) is 2.95. The molecule has 6 nitrogen and oxygen atoms in total. The normalized spacial score (nSPS) is 20.5. The lowest BCUT2D eigenvalue weighted by molar-refractivity contribution is -0.384. The summed E-state index contributed by atoms with van der Waals surface area (Å²) < 4.78 is 0. The number of pyridine rings is 1. The lowest BCUT2D eigenvalue weighted by Gasteiger charge is -2.29. The van der Waals surface area contributed by atoms with E-state index in [9.17, 15) is 15.2 Å². The van der Waals surface area contributed by atoms with Gasteiger partial charge in [-0.15, -0.1) is 0 Å². The van der Waals surface area contributed by atoms with Crippen LogP contribution < -0.4 is 4.90 Å². The van der Waals surface area contributed by atoms with E-state index in [0.717, 1.165) is 25.7 Å². The van der Waals surface area contributed by atoms with Crippen LogP contribution in [0.2, 0.25) is 0 Å². The van der Waals surface area contributed by atoms with Gasteiger partial charge in [-0.2, -0.15) is 0 Å². The predicted octanol–water partition coefficient (Wildman–Crippen LogP) is 1.73. The summed E-state index contributed by atoms with van der Waals surface area (Å²) in [4.78, 5) is 16.6. The van der Waals surface area contributed by atoms with Crippen LogP contribution in [0.3, 0.4) is 0 Å². The molecular weight excluding hydrogens is 234 g/mol. The van der Waals surface area contributed by atoms with Gasteiger partial charge in [-0.3, -0.25) is 10.1 Å². The quantitative estimate of drug-likeness (QED) is 0.653. The van der Waals surface area contributed by atoms with Crippen LogP contribution in [-0.4, -0.2) is 34.2 Å². The SMILES string of the molecule is O=[N+]([O-])c1cccnc1N1CCCCCC1CO. The van der Waals surface area contributed by atoms with Gasteiger partial charge >= 0.3 is 5.69 Å². The first-order valence-corrected chi connectivity index (χ1v) is 6.21. The lowest BCUT2D eigenvalue weighted by atomic mass is 10.1. The van der Waals surface area contributed by atoms with Gasteiger partial charge in [0.25, 0.3) is 0 Å².